The number of hydrogen-bond acceptors (Lipinski definition) is 4. The van der Waals surface area contributed by atoms with E-state index in [9.17, 15) is 4.79 Å². The Kier molecular flexibility index (Phi) is 10.5. The van der Waals surface area contributed by atoms with Crippen molar-refractivity contribution in [1.29, 1.82) is 0 Å². The van der Waals surface area contributed by atoms with Crippen LogP contribution in [0, 0.1) is 0 Å². The van der Waals surface area contributed by atoms with E-state index in [4.69, 9.17) is 10.3 Å². The number of nitrogens with one attached hydrogen (secondary N) is 1. The van der Waals surface area contributed by atoms with Gasteiger partial charge in [-0.1, -0.05) is 0 Å². The van der Waals surface area contributed by atoms with Crippen molar-refractivity contribution in [2.24, 2.45) is 0 Å². The van der Waals surface area contributed by atoms with E-state index in [0.29, 0.717) is 6.42 Å². The average molecular weight is 217 g/mol. The number of hydroxylamine groups is 1. The van der Waals surface area contributed by atoms with Crippen molar-refractivity contribution >= 4 is 17.7 Å². The van der Waals surface area contributed by atoms with Gasteiger partial charge in [-0.15, -0.1) is 0 Å². The minimum atomic E-state index is -1.02. The van der Waals surface area contributed by atoms with Crippen molar-refractivity contribution in [3.05, 3.63) is 0 Å². The van der Waals surface area contributed by atoms with Gasteiger partial charge in [0.15, 0.2) is 0 Å². The van der Waals surface area contributed by atoms with Crippen LogP contribution in [0.5, 0.6) is 0 Å². The summed E-state index contributed by atoms with van der Waals surface area (Å²) in [6, 6.07) is -0.826. The molecule has 0 aromatic heterocycles. The Labute approximate surface area is 80.4 Å². The zero-order valence-electron chi connectivity index (χ0n) is 6.11. The number of carbonyl (C=O) groups is 1. The van der Waals surface area contributed by atoms with Crippen molar-refractivity contribution < 1.29 is 32.5 Å². The molecule has 11 heavy (non-hydrogen) atoms. The molecule has 0 radical (unpaired) electrons. The molecule has 4 nitrogen and oxygen atoms in total. The van der Waals surface area contributed by atoms with Crippen molar-refractivity contribution in [2.75, 3.05) is 12.0 Å². The van der Waals surface area contributed by atoms with Crippen LogP contribution in [0.25, 0.3) is 0 Å². The number of hydrogen-bond donors (Lipinski definition) is 3. The molecule has 0 aromatic rings. The first-order valence-electron chi connectivity index (χ1n) is 2.83. The summed E-state index contributed by atoms with van der Waals surface area (Å²) in [5.41, 5.74) is 1.72. The van der Waals surface area contributed by atoms with Gasteiger partial charge in [-0.2, -0.15) is 17.2 Å². The Hall–Kier alpha value is 0.272. The Morgan fingerprint density at radius 1 is 1.73 bits per heavy atom. The molecule has 0 aliphatic rings. The molecule has 0 fully saturated rings. The van der Waals surface area contributed by atoms with Gasteiger partial charge < -0.3 is 10.3 Å². The van der Waals surface area contributed by atoms with E-state index in [0.717, 1.165) is 5.75 Å². The fraction of sp³-hybridized carbons (Fsp3) is 0.800. The van der Waals surface area contributed by atoms with Crippen LogP contribution in [-0.4, -0.2) is 34.3 Å². The quantitative estimate of drug-likeness (QED) is 0.573. The molecule has 0 heterocycles. The Morgan fingerprint density at radius 3 is 2.55 bits per heavy atom. The van der Waals surface area contributed by atoms with Gasteiger partial charge in [-0.3, -0.25) is 4.79 Å². The smallest absolute Gasteiger partial charge is 0.323 e. The molecule has 0 aliphatic heterocycles. The maximum atomic E-state index is 10.2. The van der Waals surface area contributed by atoms with E-state index in [1.165, 1.54) is 0 Å². The number of rotatable bonds is 5. The number of carboxylic acid groups (broad SMARTS) is 1. The minimum absolute atomic E-state index is 0. The summed E-state index contributed by atoms with van der Waals surface area (Å²) in [6.07, 6.45) is 2.32. The molecule has 0 rings (SSSR count). The van der Waals surface area contributed by atoms with E-state index in [1.54, 1.807) is 17.2 Å². The number of carboxylic acids is 1. The molecule has 0 saturated carbocycles. The van der Waals surface area contributed by atoms with Crippen LogP contribution in [0.2, 0.25) is 0 Å². The zero-order chi connectivity index (χ0) is 7.98. The molecular weight excluding hydrogens is 206 g/mol. The zero-order valence-corrected chi connectivity index (χ0v) is 8.20. The molecule has 0 saturated heterocycles. The third-order valence-corrected chi connectivity index (χ3v) is 1.71. The van der Waals surface area contributed by atoms with Crippen LogP contribution < -0.4 is 5.48 Å². The topological polar surface area (TPSA) is 69.6 Å². The predicted octanol–water partition coefficient (Wildman–Crippen LogP) is 0.169. The number of aliphatic carboxylic acids is 1. The predicted molar refractivity (Wildman–Crippen MR) is 39.3 cm³/mol. The first-order valence-corrected chi connectivity index (χ1v) is 4.23. The summed E-state index contributed by atoms with van der Waals surface area (Å²) in [7, 11) is 0. The van der Waals surface area contributed by atoms with Gasteiger partial charge in [0.1, 0.15) is 6.04 Å². The summed E-state index contributed by atoms with van der Waals surface area (Å²) in [5.74, 6) is -0.290. The summed E-state index contributed by atoms with van der Waals surface area (Å²) in [4.78, 5) is 10.2. The van der Waals surface area contributed by atoms with Crippen molar-refractivity contribution in [2.45, 2.75) is 12.5 Å². The van der Waals surface area contributed by atoms with Gasteiger partial charge in [0.25, 0.3) is 0 Å². The van der Waals surface area contributed by atoms with Gasteiger partial charge in [0.2, 0.25) is 0 Å². The molecule has 0 aromatic carbocycles. The van der Waals surface area contributed by atoms with Gasteiger partial charge in [-0.25, -0.2) is 0 Å². The minimum Gasteiger partial charge on any atom is -0.480 e. The Balaban J connectivity index is 0. The van der Waals surface area contributed by atoms with Crippen molar-refractivity contribution in [3.8, 4) is 0 Å². The van der Waals surface area contributed by atoms with Gasteiger partial charge in [0, 0.05) is 17.4 Å². The Morgan fingerprint density at radius 2 is 2.27 bits per heavy atom. The molecule has 0 bridgehead atoms. The van der Waals surface area contributed by atoms with E-state index >= 15 is 0 Å². The van der Waals surface area contributed by atoms with Gasteiger partial charge in [0.05, 0.1) is 0 Å². The second kappa shape index (κ2) is 8.37. The van der Waals surface area contributed by atoms with Crippen molar-refractivity contribution in [1.82, 2.24) is 5.48 Å². The first kappa shape index (κ1) is 13.8. The van der Waals surface area contributed by atoms with Gasteiger partial charge in [-0.05, 0) is 18.4 Å². The molecule has 66 valence electrons. The summed E-state index contributed by atoms with van der Waals surface area (Å²) >= 11 is 1.55. The summed E-state index contributed by atoms with van der Waals surface area (Å²) in [5, 5.41) is 16.7. The fourth-order valence-electron chi connectivity index (χ4n) is 0.479. The first-order chi connectivity index (χ1) is 4.72. The van der Waals surface area contributed by atoms with Crippen LogP contribution in [-0.2, 0) is 22.2 Å². The van der Waals surface area contributed by atoms with Crippen LogP contribution in [0.15, 0.2) is 0 Å². The SMILES string of the molecule is CSCCC(NO)C(=O)O.[Cr]. The summed E-state index contributed by atoms with van der Waals surface area (Å²) < 4.78 is 0. The Bertz CT molecular complexity index is 114. The second-order valence-electron chi connectivity index (χ2n) is 1.80. The third kappa shape index (κ3) is 6.66. The van der Waals surface area contributed by atoms with Crippen LogP contribution >= 0.6 is 11.8 Å². The second-order valence-corrected chi connectivity index (χ2v) is 2.79. The monoisotopic (exact) mass is 217 g/mol. The van der Waals surface area contributed by atoms with E-state index in [2.05, 4.69) is 0 Å². The van der Waals surface area contributed by atoms with Crippen LogP contribution in [0.1, 0.15) is 6.42 Å². The molecule has 0 aliphatic carbocycles. The maximum Gasteiger partial charge on any atom is 0.323 e. The van der Waals surface area contributed by atoms with E-state index < -0.39 is 12.0 Å². The molecule has 6 heteroatoms. The fourth-order valence-corrected chi connectivity index (χ4v) is 0.950. The third-order valence-electron chi connectivity index (χ3n) is 1.06. The van der Waals surface area contributed by atoms with E-state index in [1.807, 2.05) is 6.26 Å². The molecule has 3 N–H and O–H groups in total. The molecule has 0 spiro atoms. The van der Waals surface area contributed by atoms with Crippen LogP contribution in [0.4, 0.5) is 0 Å². The molecule has 1 unspecified atom stereocenters. The summed E-state index contributed by atoms with van der Waals surface area (Å²) in [6.45, 7) is 0. The molecule has 1 atom stereocenters. The van der Waals surface area contributed by atoms with Gasteiger partial charge >= 0.3 is 5.97 Å². The average Bonchev–Trinajstić information content (AvgIpc) is 1.89. The molecular formula is C5H11CrNO3S. The largest absolute Gasteiger partial charge is 0.480 e. The number of thioether (sulfide) groups is 1. The van der Waals surface area contributed by atoms with E-state index in [-0.39, 0.29) is 17.4 Å². The standard InChI is InChI=1S/C5H11NO3S.Cr/c1-10-3-2-4(6-9)5(7)8;/h4,6,9H,2-3H2,1H3,(H,7,8);. The van der Waals surface area contributed by atoms with Crippen LogP contribution in [0.3, 0.4) is 0 Å². The molecule has 0 amide bonds. The van der Waals surface area contributed by atoms with Crippen molar-refractivity contribution in [3.63, 3.8) is 0 Å². The normalized spacial score (nSPS) is 11.8. The maximum absolute atomic E-state index is 10.2.